The van der Waals surface area contributed by atoms with Gasteiger partial charge in [0.2, 0.25) is 0 Å². The molecule has 1 aromatic carbocycles. The molecule has 21 heavy (non-hydrogen) atoms. The summed E-state index contributed by atoms with van der Waals surface area (Å²) < 4.78 is 0.613. The molecule has 3 rings (SSSR count). The Kier molecular flexibility index (Phi) is 3.53. The first kappa shape index (κ1) is 13.5. The molecule has 5 nitrogen and oxygen atoms in total. The van der Waals surface area contributed by atoms with E-state index in [1.807, 2.05) is 30.3 Å². The molecule has 0 aliphatic heterocycles. The molecule has 6 heteroatoms. The van der Waals surface area contributed by atoms with Crippen LogP contribution in [0, 0.1) is 0 Å². The largest absolute Gasteiger partial charge is 0.478 e. The number of fused-ring (bicyclic) bond motifs is 1. The minimum atomic E-state index is -1.04. The molecule has 0 bridgehead atoms. The summed E-state index contributed by atoms with van der Waals surface area (Å²) in [5.74, 6) is -0.761. The molecule has 0 amide bonds. The van der Waals surface area contributed by atoms with Gasteiger partial charge >= 0.3 is 5.97 Å². The number of carboxylic acid groups (broad SMARTS) is 1. The number of para-hydroxylation sites is 1. The Hall–Kier alpha value is -2.47. The first-order valence-electron chi connectivity index (χ1n) is 6.14. The Bertz CT molecular complexity index is 836. The Morgan fingerprint density at radius 3 is 2.76 bits per heavy atom. The van der Waals surface area contributed by atoms with Gasteiger partial charge in [0.1, 0.15) is 11.4 Å². The highest BCUT2D eigenvalue weighted by molar-refractivity contribution is 9.10. The fourth-order valence-electron chi connectivity index (χ4n) is 1.98. The second-order valence-electron chi connectivity index (χ2n) is 4.40. The minimum absolute atomic E-state index is 0.0949. The number of hydrogen-bond acceptors (Lipinski definition) is 4. The molecule has 0 saturated heterocycles. The van der Waals surface area contributed by atoms with E-state index in [1.165, 1.54) is 6.07 Å². The molecule has 2 aromatic heterocycles. The topological polar surface area (TPSA) is 75.1 Å². The first-order chi connectivity index (χ1) is 10.1. The van der Waals surface area contributed by atoms with Crippen molar-refractivity contribution in [1.82, 2.24) is 9.97 Å². The first-order valence-corrected chi connectivity index (χ1v) is 6.93. The summed E-state index contributed by atoms with van der Waals surface area (Å²) in [5, 5.41) is 13.2. The van der Waals surface area contributed by atoms with Gasteiger partial charge in [-0.3, -0.25) is 4.98 Å². The van der Waals surface area contributed by atoms with Gasteiger partial charge < -0.3 is 10.4 Å². The number of rotatable bonds is 3. The van der Waals surface area contributed by atoms with Gasteiger partial charge in [0.25, 0.3) is 0 Å². The van der Waals surface area contributed by atoms with Gasteiger partial charge in [-0.2, -0.15) is 0 Å². The van der Waals surface area contributed by atoms with Crippen LogP contribution in [0.15, 0.2) is 53.3 Å². The molecule has 0 fully saturated rings. The number of nitrogens with one attached hydrogen (secondary N) is 1. The van der Waals surface area contributed by atoms with E-state index in [2.05, 4.69) is 31.2 Å². The van der Waals surface area contributed by atoms with Gasteiger partial charge in [-0.25, -0.2) is 9.78 Å². The van der Waals surface area contributed by atoms with E-state index in [0.717, 1.165) is 10.9 Å². The van der Waals surface area contributed by atoms with Crippen LogP contribution < -0.4 is 5.32 Å². The number of aromatic carboxylic acids is 1. The van der Waals surface area contributed by atoms with Gasteiger partial charge in [0, 0.05) is 16.1 Å². The third-order valence-electron chi connectivity index (χ3n) is 2.94. The van der Waals surface area contributed by atoms with Crippen LogP contribution >= 0.6 is 15.9 Å². The quantitative estimate of drug-likeness (QED) is 0.755. The fourth-order valence-corrected chi connectivity index (χ4v) is 2.31. The molecule has 2 N–H and O–H groups in total. The molecule has 0 saturated carbocycles. The van der Waals surface area contributed by atoms with E-state index in [1.54, 1.807) is 12.4 Å². The maximum atomic E-state index is 11.3. The molecule has 0 atom stereocenters. The van der Waals surface area contributed by atoms with E-state index in [-0.39, 0.29) is 11.4 Å². The lowest BCUT2D eigenvalue weighted by Crippen LogP contribution is -2.05. The SMILES string of the molecule is O=C(O)c1cc(Br)cnc1Nc1cnc2ccccc2c1. The van der Waals surface area contributed by atoms with Gasteiger partial charge in [-0.1, -0.05) is 18.2 Å². The van der Waals surface area contributed by atoms with Crippen LogP contribution in [-0.2, 0) is 0 Å². The summed E-state index contributed by atoms with van der Waals surface area (Å²) in [5.41, 5.74) is 1.66. The van der Waals surface area contributed by atoms with Crippen molar-refractivity contribution in [2.24, 2.45) is 0 Å². The second kappa shape index (κ2) is 5.49. The van der Waals surface area contributed by atoms with Crippen LogP contribution in [0.3, 0.4) is 0 Å². The predicted octanol–water partition coefficient (Wildman–Crippen LogP) is 3.83. The fraction of sp³-hybridized carbons (Fsp3) is 0. The number of benzene rings is 1. The van der Waals surface area contributed by atoms with Gasteiger partial charge in [-0.15, -0.1) is 0 Å². The summed E-state index contributed by atoms with van der Waals surface area (Å²) >= 11 is 3.22. The lowest BCUT2D eigenvalue weighted by atomic mass is 10.2. The van der Waals surface area contributed by atoms with E-state index in [0.29, 0.717) is 10.2 Å². The van der Waals surface area contributed by atoms with E-state index in [4.69, 9.17) is 0 Å². The smallest absolute Gasteiger partial charge is 0.339 e. The molecule has 0 spiro atoms. The number of carboxylic acids is 1. The van der Waals surface area contributed by atoms with Crippen molar-refractivity contribution in [1.29, 1.82) is 0 Å². The third kappa shape index (κ3) is 2.85. The highest BCUT2D eigenvalue weighted by atomic mass is 79.9. The van der Waals surface area contributed by atoms with Crippen LogP contribution in [0.1, 0.15) is 10.4 Å². The molecule has 0 aliphatic rings. The summed E-state index contributed by atoms with van der Waals surface area (Å²) in [4.78, 5) is 19.7. The molecule has 3 aromatic rings. The van der Waals surface area contributed by atoms with E-state index in [9.17, 15) is 9.90 Å². The van der Waals surface area contributed by atoms with Crippen molar-refractivity contribution < 1.29 is 9.90 Å². The van der Waals surface area contributed by atoms with Crippen molar-refractivity contribution in [2.45, 2.75) is 0 Å². The van der Waals surface area contributed by atoms with E-state index < -0.39 is 5.97 Å². The number of nitrogens with zero attached hydrogens (tertiary/aromatic N) is 2. The number of aromatic nitrogens is 2. The Labute approximate surface area is 128 Å². The van der Waals surface area contributed by atoms with Crippen LogP contribution in [0.4, 0.5) is 11.5 Å². The molecular formula is C15H10BrN3O2. The highest BCUT2D eigenvalue weighted by Gasteiger charge is 2.12. The van der Waals surface area contributed by atoms with Crippen LogP contribution in [0.25, 0.3) is 10.9 Å². The van der Waals surface area contributed by atoms with Crippen molar-refractivity contribution in [2.75, 3.05) is 5.32 Å². The molecule has 104 valence electrons. The Morgan fingerprint density at radius 2 is 1.95 bits per heavy atom. The molecular weight excluding hydrogens is 334 g/mol. The Morgan fingerprint density at radius 1 is 1.14 bits per heavy atom. The summed E-state index contributed by atoms with van der Waals surface area (Å²) in [6.45, 7) is 0. The standard InChI is InChI=1S/C15H10BrN3O2/c16-10-6-12(15(20)21)14(18-7-10)19-11-5-9-3-1-2-4-13(9)17-8-11/h1-8H,(H,18,19)(H,20,21). The zero-order valence-corrected chi connectivity index (χ0v) is 12.3. The average molecular weight is 344 g/mol. The zero-order chi connectivity index (χ0) is 14.8. The minimum Gasteiger partial charge on any atom is -0.478 e. The zero-order valence-electron chi connectivity index (χ0n) is 10.7. The number of anilines is 2. The van der Waals surface area contributed by atoms with Crippen LogP contribution in [0.2, 0.25) is 0 Å². The van der Waals surface area contributed by atoms with Gasteiger partial charge in [-0.05, 0) is 34.1 Å². The lowest BCUT2D eigenvalue weighted by molar-refractivity contribution is 0.0697. The third-order valence-corrected chi connectivity index (χ3v) is 3.37. The van der Waals surface area contributed by atoms with Crippen molar-refractivity contribution in [3.8, 4) is 0 Å². The molecule has 0 unspecified atom stereocenters. The van der Waals surface area contributed by atoms with Gasteiger partial charge in [0.05, 0.1) is 17.4 Å². The van der Waals surface area contributed by atoms with Crippen LogP contribution in [0.5, 0.6) is 0 Å². The van der Waals surface area contributed by atoms with Gasteiger partial charge in [0.15, 0.2) is 0 Å². The molecule has 0 radical (unpaired) electrons. The Balaban J connectivity index is 2.00. The number of halogens is 1. The predicted molar refractivity (Wildman–Crippen MR) is 83.9 cm³/mol. The maximum Gasteiger partial charge on any atom is 0.339 e. The van der Waals surface area contributed by atoms with Crippen molar-refractivity contribution in [3.05, 3.63) is 58.8 Å². The monoisotopic (exact) mass is 343 g/mol. The molecule has 0 aliphatic carbocycles. The normalized spacial score (nSPS) is 10.5. The average Bonchev–Trinajstić information content (AvgIpc) is 2.49. The van der Waals surface area contributed by atoms with Crippen molar-refractivity contribution in [3.63, 3.8) is 0 Å². The number of hydrogen-bond donors (Lipinski definition) is 2. The highest BCUT2D eigenvalue weighted by Crippen LogP contribution is 2.23. The maximum absolute atomic E-state index is 11.3. The summed E-state index contributed by atoms with van der Waals surface area (Å²) in [7, 11) is 0. The molecule has 2 heterocycles. The number of pyridine rings is 2. The number of carbonyl (C=O) groups is 1. The summed E-state index contributed by atoms with van der Waals surface area (Å²) in [6.07, 6.45) is 3.20. The van der Waals surface area contributed by atoms with E-state index >= 15 is 0 Å². The second-order valence-corrected chi connectivity index (χ2v) is 5.31. The van der Waals surface area contributed by atoms with Crippen LogP contribution in [-0.4, -0.2) is 21.0 Å². The lowest BCUT2D eigenvalue weighted by Gasteiger charge is -2.09. The summed E-state index contributed by atoms with van der Waals surface area (Å²) in [6, 6.07) is 11.1. The van der Waals surface area contributed by atoms with Crippen molar-refractivity contribution >= 4 is 44.3 Å².